The largest absolute Gasteiger partial charge is 0.381 e. The minimum absolute atomic E-state index is 0.0351. The Labute approximate surface area is 180 Å². The van der Waals surface area contributed by atoms with Crippen LogP contribution in [0.2, 0.25) is 5.02 Å². The van der Waals surface area contributed by atoms with Crippen LogP contribution in [0.3, 0.4) is 0 Å². The number of H-pyrrole nitrogens is 1. The number of carbonyl (C=O) groups is 1. The van der Waals surface area contributed by atoms with E-state index in [2.05, 4.69) is 10.2 Å². The normalized spacial score (nSPS) is 18.4. The lowest BCUT2D eigenvalue weighted by atomic mass is 9.89. The van der Waals surface area contributed by atoms with Crippen molar-refractivity contribution in [2.45, 2.75) is 24.9 Å². The molecule has 1 spiro atoms. The third-order valence-electron chi connectivity index (χ3n) is 6.15. The molecule has 0 radical (unpaired) electrons. The Morgan fingerprint density at radius 1 is 1.10 bits per heavy atom. The van der Waals surface area contributed by atoms with Crippen LogP contribution < -0.4 is 4.90 Å². The molecule has 3 aromatic rings. The van der Waals surface area contributed by atoms with Crippen LogP contribution in [-0.4, -0.2) is 46.4 Å². The van der Waals surface area contributed by atoms with Gasteiger partial charge < -0.3 is 9.64 Å². The SMILES string of the molecule is O=C1N(c2ccc(-c3cn[nH]c3)cc2)CC2(CCOCC2)N1Cc1cccc(Cl)c1. The van der Waals surface area contributed by atoms with Crippen molar-refractivity contribution >= 4 is 23.3 Å². The topological polar surface area (TPSA) is 61.5 Å². The molecular weight excluding hydrogens is 400 g/mol. The zero-order valence-corrected chi connectivity index (χ0v) is 17.3. The summed E-state index contributed by atoms with van der Waals surface area (Å²) >= 11 is 6.19. The van der Waals surface area contributed by atoms with E-state index in [1.165, 1.54) is 0 Å². The number of carbonyl (C=O) groups excluding carboxylic acids is 1. The molecule has 0 saturated carbocycles. The van der Waals surface area contributed by atoms with Crippen LogP contribution >= 0.6 is 11.6 Å². The first kappa shape index (κ1) is 19.2. The van der Waals surface area contributed by atoms with E-state index >= 15 is 0 Å². The lowest BCUT2D eigenvalue weighted by Crippen LogP contribution is -2.50. The molecule has 6 nitrogen and oxygen atoms in total. The van der Waals surface area contributed by atoms with Gasteiger partial charge in [-0.3, -0.25) is 10.00 Å². The molecule has 154 valence electrons. The summed E-state index contributed by atoms with van der Waals surface area (Å²) in [5, 5.41) is 7.53. The lowest BCUT2D eigenvalue weighted by molar-refractivity contribution is 0.00611. The van der Waals surface area contributed by atoms with Gasteiger partial charge in [0.15, 0.2) is 0 Å². The van der Waals surface area contributed by atoms with E-state index in [0.717, 1.165) is 35.2 Å². The molecule has 0 unspecified atom stereocenters. The third kappa shape index (κ3) is 3.46. The highest BCUT2D eigenvalue weighted by atomic mass is 35.5. The summed E-state index contributed by atoms with van der Waals surface area (Å²) in [5.74, 6) is 0. The van der Waals surface area contributed by atoms with Gasteiger partial charge in [-0.15, -0.1) is 0 Å². The van der Waals surface area contributed by atoms with Gasteiger partial charge in [0.2, 0.25) is 0 Å². The summed E-state index contributed by atoms with van der Waals surface area (Å²) in [6.45, 7) is 2.56. The Hall–Kier alpha value is -2.83. The second-order valence-corrected chi connectivity index (χ2v) is 8.39. The summed E-state index contributed by atoms with van der Waals surface area (Å²) in [4.78, 5) is 17.5. The molecule has 3 heterocycles. The molecule has 0 aliphatic carbocycles. The second-order valence-electron chi connectivity index (χ2n) is 7.96. The highest BCUT2D eigenvalue weighted by Gasteiger charge is 2.50. The fraction of sp³-hybridized carbons (Fsp3) is 0.304. The quantitative estimate of drug-likeness (QED) is 0.661. The van der Waals surface area contributed by atoms with E-state index in [4.69, 9.17) is 16.3 Å². The van der Waals surface area contributed by atoms with Gasteiger partial charge in [-0.2, -0.15) is 5.10 Å². The summed E-state index contributed by atoms with van der Waals surface area (Å²) < 4.78 is 5.62. The Balaban J connectivity index is 1.44. The van der Waals surface area contributed by atoms with Crippen molar-refractivity contribution in [2.75, 3.05) is 24.7 Å². The first-order chi connectivity index (χ1) is 14.6. The van der Waals surface area contributed by atoms with E-state index in [0.29, 0.717) is 31.3 Å². The fourth-order valence-corrected chi connectivity index (χ4v) is 4.69. The number of hydrogen-bond donors (Lipinski definition) is 1. The van der Waals surface area contributed by atoms with E-state index in [9.17, 15) is 4.79 Å². The van der Waals surface area contributed by atoms with Crippen molar-refractivity contribution in [1.82, 2.24) is 15.1 Å². The number of amides is 2. The number of aromatic nitrogens is 2. The van der Waals surface area contributed by atoms with Crippen LogP contribution in [-0.2, 0) is 11.3 Å². The van der Waals surface area contributed by atoms with Crippen molar-refractivity contribution in [3.63, 3.8) is 0 Å². The van der Waals surface area contributed by atoms with Crippen LogP contribution in [0.15, 0.2) is 60.9 Å². The summed E-state index contributed by atoms with van der Waals surface area (Å²) in [6.07, 6.45) is 5.32. The zero-order chi connectivity index (χ0) is 20.6. The molecule has 5 rings (SSSR count). The van der Waals surface area contributed by atoms with Crippen molar-refractivity contribution in [1.29, 1.82) is 0 Å². The molecule has 2 amide bonds. The molecule has 30 heavy (non-hydrogen) atoms. The van der Waals surface area contributed by atoms with Gasteiger partial charge >= 0.3 is 6.03 Å². The number of hydrogen-bond acceptors (Lipinski definition) is 3. The summed E-state index contributed by atoms with van der Waals surface area (Å²) in [6, 6.07) is 15.9. The number of ether oxygens (including phenoxy) is 1. The molecule has 1 N–H and O–H groups in total. The fourth-order valence-electron chi connectivity index (χ4n) is 4.47. The van der Waals surface area contributed by atoms with Crippen molar-refractivity contribution in [3.05, 3.63) is 71.5 Å². The number of nitrogens with zero attached hydrogens (tertiary/aromatic N) is 3. The van der Waals surface area contributed by atoms with E-state index in [-0.39, 0.29) is 11.6 Å². The van der Waals surface area contributed by atoms with Gasteiger partial charge in [0, 0.05) is 42.2 Å². The second kappa shape index (κ2) is 7.78. The van der Waals surface area contributed by atoms with E-state index < -0.39 is 0 Å². The Morgan fingerprint density at radius 2 is 1.90 bits per heavy atom. The predicted molar refractivity (Wildman–Crippen MR) is 117 cm³/mol. The van der Waals surface area contributed by atoms with Gasteiger partial charge in [0.05, 0.1) is 18.3 Å². The first-order valence-corrected chi connectivity index (χ1v) is 10.5. The maximum absolute atomic E-state index is 13.5. The first-order valence-electron chi connectivity index (χ1n) is 10.2. The number of aromatic amines is 1. The maximum Gasteiger partial charge on any atom is 0.325 e. The third-order valence-corrected chi connectivity index (χ3v) is 6.39. The van der Waals surface area contributed by atoms with Gasteiger partial charge in [0.25, 0.3) is 0 Å². The average molecular weight is 423 g/mol. The molecule has 2 fully saturated rings. The van der Waals surface area contributed by atoms with E-state index in [1.807, 2.05) is 64.5 Å². The monoisotopic (exact) mass is 422 g/mol. The molecule has 1 aromatic heterocycles. The highest BCUT2D eigenvalue weighted by molar-refractivity contribution is 6.30. The maximum atomic E-state index is 13.5. The van der Waals surface area contributed by atoms with Gasteiger partial charge in [-0.1, -0.05) is 35.9 Å². The number of anilines is 1. The van der Waals surface area contributed by atoms with Crippen LogP contribution in [0.5, 0.6) is 0 Å². The van der Waals surface area contributed by atoms with Gasteiger partial charge in [-0.05, 0) is 48.2 Å². The Bertz CT molecular complexity index is 1030. The van der Waals surface area contributed by atoms with Crippen LogP contribution in [0.1, 0.15) is 18.4 Å². The molecule has 0 bridgehead atoms. The minimum Gasteiger partial charge on any atom is -0.381 e. The Morgan fingerprint density at radius 3 is 2.60 bits per heavy atom. The number of benzene rings is 2. The van der Waals surface area contributed by atoms with Crippen molar-refractivity contribution in [3.8, 4) is 11.1 Å². The van der Waals surface area contributed by atoms with Gasteiger partial charge in [0.1, 0.15) is 0 Å². The predicted octanol–water partition coefficient (Wildman–Crippen LogP) is 4.72. The Kier molecular flexibility index (Phi) is 4.97. The average Bonchev–Trinajstić information content (AvgIpc) is 3.39. The zero-order valence-electron chi connectivity index (χ0n) is 16.6. The smallest absolute Gasteiger partial charge is 0.325 e. The van der Waals surface area contributed by atoms with E-state index in [1.54, 1.807) is 6.20 Å². The molecular formula is C23H23ClN4O2. The molecule has 2 saturated heterocycles. The molecule has 2 aromatic carbocycles. The molecule has 2 aliphatic rings. The standard InChI is InChI=1S/C23H23ClN4O2/c24-20-3-1-2-17(12-20)15-28-22(29)27(16-23(28)8-10-30-11-9-23)21-6-4-18(5-7-21)19-13-25-26-14-19/h1-7,12-14H,8-11,15-16H2,(H,25,26). The van der Waals surface area contributed by atoms with Crippen molar-refractivity contribution < 1.29 is 9.53 Å². The minimum atomic E-state index is -0.221. The highest BCUT2D eigenvalue weighted by Crippen LogP contribution is 2.39. The van der Waals surface area contributed by atoms with Crippen LogP contribution in [0.4, 0.5) is 10.5 Å². The number of urea groups is 1. The molecule has 2 aliphatic heterocycles. The lowest BCUT2D eigenvalue weighted by Gasteiger charge is -2.40. The number of rotatable bonds is 4. The van der Waals surface area contributed by atoms with Gasteiger partial charge in [-0.25, -0.2) is 4.79 Å². The molecule has 0 atom stereocenters. The number of nitrogens with one attached hydrogen (secondary N) is 1. The number of halogens is 1. The van der Waals surface area contributed by atoms with Crippen molar-refractivity contribution in [2.24, 2.45) is 0 Å². The summed E-state index contributed by atoms with van der Waals surface area (Å²) in [5.41, 5.74) is 3.82. The van der Waals surface area contributed by atoms with Crippen LogP contribution in [0, 0.1) is 0 Å². The van der Waals surface area contributed by atoms with Crippen LogP contribution in [0.25, 0.3) is 11.1 Å². The summed E-state index contributed by atoms with van der Waals surface area (Å²) in [7, 11) is 0. The molecule has 7 heteroatoms.